The molecule has 124 valence electrons. The van der Waals surface area contributed by atoms with Gasteiger partial charge in [-0.3, -0.25) is 14.7 Å². The Hall–Kier alpha value is -1.95. The third-order valence-electron chi connectivity index (χ3n) is 4.71. The second kappa shape index (κ2) is 6.28. The van der Waals surface area contributed by atoms with Crippen molar-refractivity contribution >= 4 is 11.6 Å². The Morgan fingerprint density at radius 2 is 2.35 bits per heavy atom. The molecule has 0 aromatic carbocycles. The molecule has 2 aliphatic rings. The number of aromatic nitrogens is 1. The van der Waals surface area contributed by atoms with Gasteiger partial charge in [0.15, 0.2) is 5.60 Å². The van der Waals surface area contributed by atoms with E-state index in [1.807, 2.05) is 33.2 Å². The van der Waals surface area contributed by atoms with E-state index in [-0.39, 0.29) is 17.6 Å². The minimum atomic E-state index is -0.328. The summed E-state index contributed by atoms with van der Waals surface area (Å²) >= 11 is 0. The molecule has 3 heterocycles. The van der Waals surface area contributed by atoms with E-state index in [4.69, 9.17) is 4.84 Å². The van der Waals surface area contributed by atoms with Crippen molar-refractivity contribution < 1.29 is 9.63 Å². The van der Waals surface area contributed by atoms with Gasteiger partial charge in [-0.25, -0.2) is 0 Å². The zero-order chi connectivity index (χ0) is 16.4. The van der Waals surface area contributed by atoms with Gasteiger partial charge < -0.3 is 9.74 Å². The van der Waals surface area contributed by atoms with Crippen molar-refractivity contribution in [3.8, 4) is 0 Å². The van der Waals surface area contributed by atoms with E-state index >= 15 is 0 Å². The molecule has 0 N–H and O–H groups in total. The number of likely N-dealkylation sites (tertiary alicyclic amines) is 1. The van der Waals surface area contributed by atoms with Gasteiger partial charge in [-0.1, -0.05) is 11.2 Å². The van der Waals surface area contributed by atoms with E-state index in [1.165, 1.54) is 5.56 Å². The van der Waals surface area contributed by atoms with Crippen molar-refractivity contribution in [2.45, 2.75) is 44.9 Å². The molecule has 0 radical (unpaired) electrons. The summed E-state index contributed by atoms with van der Waals surface area (Å²) in [5, 5.41) is 4.10. The third kappa shape index (κ3) is 3.37. The van der Waals surface area contributed by atoms with Crippen LogP contribution in [0.15, 0.2) is 29.7 Å². The van der Waals surface area contributed by atoms with E-state index in [2.05, 4.69) is 21.1 Å². The number of rotatable bonds is 4. The van der Waals surface area contributed by atoms with Gasteiger partial charge in [-0.2, -0.15) is 0 Å². The van der Waals surface area contributed by atoms with E-state index < -0.39 is 0 Å². The number of carbonyl (C=O) groups is 1. The molecule has 23 heavy (non-hydrogen) atoms. The Labute approximate surface area is 137 Å². The van der Waals surface area contributed by atoms with Crippen LogP contribution >= 0.6 is 0 Å². The van der Waals surface area contributed by atoms with Gasteiger partial charge in [0, 0.05) is 58.0 Å². The maximum absolute atomic E-state index is 12.4. The van der Waals surface area contributed by atoms with Crippen LogP contribution in [0.3, 0.4) is 0 Å². The SMILES string of the molecule is CC(C)N(C)C(=O)C1=NOC2(CCN(Cc3cccnc3)C2)C1. The highest BCUT2D eigenvalue weighted by Gasteiger charge is 2.47. The first-order valence-corrected chi connectivity index (χ1v) is 8.13. The fourth-order valence-electron chi connectivity index (χ4n) is 3.11. The Morgan fingerprint density at radius 1 is 1.52 bits per heavy atom. The zero-order valence-electron chi connectivity index (χ0n) is 14.0. The molecule has 1 saturated heterocycles. The summed E-state index contributed by atoms with van der Waals surface area (Å²) in [5.41, 5.74) is 1.41. The minimum absolute atomic E-state index is 0.0254. The number of oxime groups is 1. The van der Waals surface area contributed by atoms with Gasteiger partial charge >= 0.3 is 0 Å². The Morgan fingerprint density at radius 3 is 3.04 bits per heavy atom. The fraction of sp³-hybridized carbons (Fsp3) is 0.588. The third-order valence-corrected chi connectivity index (χ3v) is 4.71. The van der Waals surface area contributed by atoms with E-state index in [0.29, 0.717) is 12.1 Å². The van der Waals surface area contributed by atoms with Crippen molar-refractivity contribution in [2.24, 2.45) is 5.16 Å². The lowest BCUT2D eigenvalue weighted by atomic mass is 9.96. The molecule has 0 saturated carbocycles. The van der Waals surface area contributed by atoms with Crippen molar-refractivity contribution in [2.75, 3.05) is 20.1 Å². The van der Waals surface area contributed by atoms with Crippen LogP contribution in [0.1, 0.15) is 32.3 Å². The van der Waals surface area contributed by atoms with Crippen molar-refractivity contribution in [3.05, 3.63) is 30.1 Å². The molecule has 0 bridgehead atoms. The molecule has 0 aliphatic carbocycles. The van der Waals surface area contributed by atoms with Crippen LogP contribution in [0.5, 0.6) is 0 Å². The summed E-state index contributed by atoms with van der Waals surface area (Å²) in [7, 11) is 1.81. The summed E-state index contributed by atoms with van der Waals surface area (Å²) in [6.45, 7) is 6.60. The van der Waals surface area contributed by atoms with Crippen molar-refractivity contribution in [3.63, 3.8) is 0 Å². The predicted molar refractivity (Wildman–Crippen MR) is 87.9 cm³/mol. The quantitative estimate of drug-likeness (QED) is 0.848. The normalized spacial score (nSPS) is 24.1. The Bertz CT molecular complexity index is 602. The molecule has 6 heteroatoms. The molecule has 6 nitrogen and oxygen atoms in total. The highest BCUT2D eigenvalue weighted by atomic mass is 16.7. The van der Waals surface area contributed by atoms with Crippen LogP contribution in [-0.4, -0.2) is 58.2 Å². The maximum Gasteiger partial charge on any atom is 0.271 e. The van der Waals surface area contributed by atoms with Crippen LogP contribution in [0.2, 0.25) is 0 Å². The van der Waals surface area contributed by atoms with Crippen LogP contribution in [0.25, 0.3) is 0 Å². The van der Waals surface area contributed by atoms with Gasteiger partial charge in [0.25, 0.3) is 5.91 Å². The van der Waals surface area contributed by atoms with Gasteiger partial charge in [-0.05, 0) is 25.5 Å². The van der Waals surface area contributed by atoms with E-state index in [9.17, 15) is 4.79 Å². The molecule has 3 rings (SSSR count). The summed E-state index contributed by atoms with van der Waals surface area (Å²) in [4.78, 5) is 26.3. The first-order chi connectivity index (χ1) is 11.0. The summed E-state index contributed by atoms with van der Waals surface area (Å²) in [5.74, 6) is -0.0254. The minimum Gasteiger partial charge on any atom is -0.387 e. The van der Waals surface area contributed by atoms with Crippen LogP contribution in [0, 0.1) is 0 Å². The standard InChI is InChI=1S/C17H24N4O2/c1-13(2)20(3)16(22)15-9-17(23-19-15)6-8-21(12-17)11-14-5-4-7-18-10-14/h4-5,7,10,13H,6,8-9,11-12H2,1-3H3. The second-order valence-electron chi connectivity index (χ2n) is 6.82. The van der Waals surface area contributed by atoms with Gasteiger partial charge in [0.2, 0.25) is 0 Å². The monoisotopic (exact) mass is 316 g/mol. The maximum atomic E-state index is 12.4. The largest absolute Gasteiger partial charge is 0.387 e. The average molecular weight is 316 g/mol. The lowest BCUT2D eigenvalue weighted by Gasteiger charge is -2.23. The van der Waals surface area contributed by atoms with Gasteiger partial charge in [0.1, 0.15) is 5.71 Å². The predicted octanol–water partition coefficient (Wildman–Crippen LogP) is 1.67. The number of pyridine rings is 1. The van der Waals surface area contributed by atoms with E-state index in [1.54, 1.807) is 11.1 Å². The lowest BCUT2D eigenvalue weighted by molar-refractivity contribution is -0.124. The first kappa shape index (κ1) is 15.9. The molecule has 1 amide bonds. The number of hydrogen-bond acceptors (Lipinski definition) is 5. The van der Waals surface area contributed by atoms with Crippen LogP contribution in [0.4, 0.5) is 0 Å². The molecule has 2 aliphatic heterocycles. The summed E-state index contributed by atoms with van der Waals surface area (Å²) in [6, 6.07) is 4.19. The van der Waals surface area contributed by atoms with E-state index in [0.717, 1.165) is 26.1 Å². The number of carbonyl (C=O) groups excluding carboxylic acids is 1. The summed E-state index contributed by atoms with van der Waals surface area (Å²) < 4.78 is 0. The van der Waals surface area contributed by atoms with Crippen molar-refractivity contribution in [1.82, 2.24) is 14.8 Å². The molecule has 1 unspecified atom stereocenters. The molecular weight excluding hydrogens is 292 g/mol. The molecule has 1 atom stereocenters. The van der Waals surface area contributed by atoms with Crippen molar-refractivity contribution in [1.29, 1.82) is 0 Å². The fourth-order valence-corrected chi connectivity index (χ4v) is 3.11. The van der Waals surface area contributed by atoms with Gasteiger partial charge in [0.05, 0.1) is 0 Å². The Balaban J connectivity index is 1.58. The second-order valence-corrected chi connectivity index (χ2v) is 6.82. The molecule has 1 fully saturated rings. The lowest BCUT2D eigenvalue weighted by Crippen LogP contribution is -2.40. The first-order valence-electron chi connectivity index (χ1n) is 8.13. The zero-order valence-corrected chi connectivity index (χ0v) is 14.0. The Kier molecular flexibility index (Phi) is 4.35. The number of amides is 1. The number of nitrogens with zero attached hydrogens (tertiary/aromatic N) is 4. The highest BCUT2D eigenvalue weighted by Crippen LogP contribution is 2.34. The topological polar surface area (TPSA) is 58.0 Å². The highest BCUT2D eigenvalue weighted by molar-refractivity contribution is 6.39. The summed E-state index contributed by atoms with van der Waals surface area (Å²) in [6.07, 6.45) is 5.18. The van der Waals surface area contributed by atoms with Gasteiger partial charge in [-0.15, -0.1) is 0 Å². The van der Waals surface area contributed by atoms with Crippen LogP contribution < -0.4 is 0 Å². The number of hydrogen-bond donors (Lipinski definition) is 0. The molecule has 1 spiro atoms. The average Bonchev–Trinajstić information content (AvgIpc) is 3.14. The molecular formula is C17H24N4O2. The molecule has 1 aromatic rings. The molecule has 1 aromatic heterocycles. The smallest absolute Gasteiger partial charge is 0.271 e. The van der Waals surface area contributed by atoms with Crippen LogP contribution in [-0.2, 0) is 16.2 Å².